The molecule has 0 heterocycles. The minimum Gasteiger partial charge on any atom is -0.492 e. The van der Waals surface area contributed by atoms with E-state index in [4.69, 9.17) is 4.74 Å². The molecule has 0 N–H and O–H groups in total. The lowest BCUT2D eigenvalue weighted by Gasteiger charge is -2.20. The number of amides is 1. The summed E-state index contributed by atoms with van der Waals surface area (Å²) in [5.74, 6) is 0.917. The highest BCUT2D eigenvalue weighted by Crippen LogP contribution is 2.22. The molecule has 0 fully saturated rings. The van der Waals surface area contributed by atoms with E-state index >= 15 is 0 Å². The van der Waals surface area contributed by atoms with Crippen molar-refractivity contribution in [1.29, 1.82) is 0 Å². The fraction of sp³-hybridized carbons (Fsp3) is 0.381. The van der Waals surface area contributed by atoms with Gasteiger partial charge >= 0.3 is 0 Å². The molecule has 0 saturated heterocycles. The maximum Gasteiger partial charge on any atom is 0.253 e. The van der Waals surface area contributed by atoms with E-state index in [1.165, 1.54) is 29.5 Å². The van der Waals surface area contributed by atoms with E-state index in [2.05, 4.69) is 12.1 Å². The van der Waals surface area contributed by atoms with Gasteiger partial charge in [-0.3, -0.25) is 4.79 Å². The second-order valence-electron chi connectivity index (χ2n) is 6.58. The highest BCUT2D eigenvalue weighted by Gasteiger charge is 2.15. The topological polar surface area (TPSA) is 29.5 Å². The summed E-state index contributed by atoms with van der Waals surface area (Å²) in [6.07, 6.45) is 4.72. The van der Waals surface area contributed by atoms with E-state index in [0.29, 0.717) is 13.2 Å². The predicted octanol–water partition coefficient (Wildman–Crippen LogP) is 4.02. The van der Waals surface area contributed by atoms with E-state index in [-0.39, 0.29) is 5.91 Å². The lowest BCUT2D eigenvalue weighted by atomic mass is 9.90. The number of ether oxygens (including phenoxy) is 1. The Kier molecular flexibility index (Phi) is 5.19. The van der Waals surface area contributed by atoms with Gasteiger partial charge in [-0.05, 0) is 73.6 Å². The van der Waals surface area contributed by atoms with Crippen molar-refractivity contribution in [1.82, 2.24) is 4.90 Å². The summed E-state index contributed by atoms with van der Waals surface area (Å²) in [6.45, 7) is 3.11. The van der Waals surface area contributed by atoms with Gasteiger partial charge in [0, 0.05) is 12.6 Å². The third-order valence-corrected chi connectivity index (χ3v) is 4.63. The molecule has 0 unspecified atom stereocenters. The molecule has 0 aliphatic heterocycles. The van der Waals surface area contributed by atoms with Crippen LogP contribution in [0, 0.1) is 6.92 Å². The molecule has 126 valence electrons. The molecule has 1 aliphatic rings. The van der Waals surface area contributed by atoms with Crippen LogP contribution in [0.4, 0.5) is 0 Å². The van der Waals surface area contributed by atoms with Crippen LogP contribution >= 0.6 is 0 Å². The minimum absolute atomic E-state index is 0.0659. The van der Waals surface area contributed by atoms with Gasteiger partial charge in [-0.2, -0.15) is 0 Å². The maximum absolute atomic E-state index is 12.6. The summed E-state index contributed by atoms with van der Waals surface area (Å²) < 4.78 is 5.74. The van der Waals surface area contributed by atoms with Gasteiger partial charge in [0.05, 0.1) is 6.54 Å². The molecule has 24 heavy (non-hydrogen) atoms. The van der Waals surface area contributed by atoms with Crippen molar-refractivity contribution in [2.45, 2.75) is 32.6 Å². The third-order valence-electron chi connectivity index (χ3n) is 4.63. The Labute approximate surface area is 144 Å². The van der Waals surface area contributed by atoms with E-state index in [1.54, 1.807) is 4.90 Å². The summed E-state index contributed by atoms with van der Waals surface area (Å²) in [6, 6.07) is 14.1. The zero-order chi connectivity index (χ0) is 16.9. The molecule has 0 radical (unpaired) electrons. The molecule has 3 rings (SSSR count). The molecule has 1 amide bonds. The minimum atomic E-state index is 0.0659. The second kappa shape index (κ2) is 7.52. The number of fused-ring (bicyclic) bond motifs is 1. The van der Waals surface area contributed by atoms with E-state index in [9.17, 15) is 4.79 Å². The third kappa shape index (κ3) is 3.97. The van der Waals surface area contributed by atoms with Gasteiger partial charge in [0.25, 0.3) is 5.91 Å². The summed E-state index contributed by atoms with van der Waals surface area (Å²) in [5, 5.41) is 0. The SMILES string of the molecule is Cc1cccc(OCCN(C)C(=O)c2ccc3c(c2)CCCC3)c1. The number of likely N-dealkylation sites (N-methyl/N-ethyl adjacent to an activating group) is 1. The maximum atomic E-state index is 12.6. The number of rotatable bonds is 5. The quantitative estimate of drug-likeness (QED) is 0.831. The Morgan fingerprint density at radius 2 is 1.88 bits per heavy atom. The molecular weight excluding hydrogens is 298 g/mol. The molecule has 3 nitrogen and oxygen atoms in total. The molecule has 0 spiro atoms. The molecule has 2 aromatic carbocycles. The first-order valence-electron chi connectivity index (χ1n) is 8.70. The summed E-state index contributed by atoms with van der Waals surface area (Å²) >= 11 is 0. The monoisotopic (exact) mass is 323 g/mol. The molecule has 1 aliphatic carbocycles. The highest BCUT2D eigenvalue weighted by molar-refractivity contribution is 5.94. The number of hydrogen-bond acceptors (Lipinski definition) is 2. The van der Waals surface area contributed by atoms with Crippen LogP contribution in [0.5, 0.6) is 5.75 Å². The first kappa shape index (κ1) is 16.6. The largest absolute Gasteiger partial charge is 0.492 e. The van der Waals surface area contributed by atoms with E-state index in [0.717, 1.165) is 24.2 Å². The van der Waals surface area contributed by atoms with Gasteiger partial charge in [-0.15, -0.1) is 0 Å². The fourth-order valence-corrected chi connectivity index (χ4v) is 3.19. The average molecular weight is 323 g/mol. The van der Waals surface area contributed by atoms with Gasteiger partial charge in [0.15, 0.2) is 0 Å². The van der Waals surface area contributed by atoms with Crippen molar-refractivity contribution in [2.75, 3.05) is 20.2 Å². The molecule has 3 heteroatoms. The van der Waals surface area contributed by atoms with E-state index < -0.39 is 0 Å². The fourth-order valence-electron chi connectivity index (χ4n) is 3.19. The lowest BCUT2D eigenvalue weighted by Crippen LogP contribution is -2.31. The van der Waals surface area contributed by atoms with Crippen LogP contribution in [-0.4, -0.2) is 31.0 Å². The molecular formula is C21H25NO2. The Bertz CT molecular complexity index is 724. The zero-order valence-corrected chi connectivity index (χ0v) is 14.5. The first-order valence-corrected chi connectivity index (χ1v) is 8.70. The van der Waals surface area contributed by atoms with Crippen LogP contribution < -0.4 is 4.74 Å². The van der Waals surface area contributed by atoms with Crippen molar-refractivity contribution in [3.8, 4) is 5.75 Å². The summed E-state index contributed by atoms with van der Waals surface area (Å²) in [5.41, 5.74) is 4.71. The molecule has 2 aromatic rings. The van der Waals surface area contributed by atoms with Crippen molar-refractivity contribution in [3.05, 3.63) is 64.7 Å². The zero-order valence-electron chi connectivity index (χ0n) is 14.5. The number of aryl methyl sites for hydroxylation is 3. The Morgan fingerprint density at radius 3 is 2.67 bits per heavy atom. The van der Waals surface area contributed by atoms with Gasteiger partial charge in [-0.25, -0.2) is 0 Å². The van der Waals surface area contributed by atoms with Gasteiger partial charge in [0.1, 0.15) is 12.4 Å². The Morgan fingerprint density at radius 1 is 1.08 bits per heavy atom. The number of benzene rings is 2. The predicted molar refractivity (Wildman–Crippen MR) is 96.7 cm³/mol. The second-order valence-corrected chi connectivity index (χ2v) is 6.58. The smallest absolute Gasteiger partial charge is 0.253 e. The van der Waals surface area contributed by atoms with Crippen LogP contribution in [0.3, 0.4) is 0 Å². The molecule has 0 atom stereocenters. The van der Waals surface area contributed by atoms with E-state index in [1.807, 2.05) is 44.3 Å². The Hall–Kier alpha value is -2.29. The van der Waals surface area contributed by atoms with Crippen molar-refractivity contribution >= 4 is 5.91 Å². The number of carbonyl (C=O) groups excluding carboxylic acids is 1. The van der Waals surface area contributed by atoms with Crippen LogP contribution in [0.1, 0.15) is 39.9 Å². The molecule has 0 bridgehead atoms. The van der Waals surface area contributed by atoms with Crippen molar-refractivity contribution in [3.63, 3.8) is 0 Å². The number of hydrogen-bond donors (Lipinski definition) is 0. The number of carbonyl (C=O) groups is 1. The standard InChI is InChI=1S/C21H25NO2/c1-16-6-5-9-20(14-16)24-13-12-22(2)21(23)19-11-10-17-7-3-4-8-18(17)15-19/h5-6,9-11,14-15H,3-4,7-8,12-13H2,1-2H3. The van der Waals surface area contributed by atoms with Gasteiger partial charge in [-0.1, -0.05) is 18.2 Å². The molecule has 0 aromatic heterocycles. The average Bonchev–Trinajstić information content (AvgIpc) is 2.60. The van der Waals surface area contributed by atoms with Gasteiger partial charge in [0.2, 0.25) is 0 Å². The Balaban J connectivity index is 1.56. The van der Waals surface area contributed by atoms with Gasteiger partial charge < -0.3 is 9.64 Å². The van der Waals surface area contributed by atoms with Crippen LogP contribution in [0.15, 0.2) is 42.5 Å². The van der Waals surface area contributed by atoms with Crippen LogP contribution in [0.2, 0.25) is 0 Å². The highest BCUT2D eigenvalue weighted by atomic mass is 16.5. The summed E-state index contributed by atoms with van der Waals surface area (Å²) in [4.78, 5) is 14.3. The van der Waals surface area contributed by atoms with Crippen LogP contribution in [-0.2, 0) is 12.8 Å². The lowest BCUT2D eigenvalue weighted by molar-refractivity contribution is 0.0773. The van der Waals surface area contributed by atoms with Crippen LogP contribution in [0.25, 0.3) is 0 Å². The molecule has 0 saturated carbocycles. The first-order chi connectivity index (χ1) is 11.6. The normalized spacial score (nSPS) is 13.2. The number of nitrogens with zero attached hydrogens (tertiary/aromatic N) is 1. The van der Waals surface area contributed by atoms with Crippen molar-refractivity contribution < 1.29 is 9.53 Å². The summed E-state index contributed by atoms with van der Waals surface area (Å²) in [7, 11) is 1.83. The van der Waals surface area contributed by atoms with Crippen molar-refractivity contribution in [2.24, 2.45) is 0 Å².